The number of halogens is 3. The topological polar surface area (TPSA) is 50.8 Å². The van der Waals surface area contributed by atoms with Crippen molar-refractivity contribution in [3.8, 4) is 5.75 Å². The van der Waals surface area contributed by atoms with Gasteiger partial charge in [0, 0.05) is 6.04 Å². The zero-order valence-electron chi connectivity index (χ0n) is 11.2. The lowest BCUT2D eigenvalue weighted by Crippen LogP contribution is -2.40. The Labute approximate surface area is 115 Å². The molecule has 2 rings (SSSR count). The third kappa shape index (κ3) is 3.15. The summed E-state index contributed by atoms with van der Waals surface area (Å²) in [5.74, 6) is 0.177. The van der Waals surface area contributed by atoms with Crippen LogP contribution in [0.3, 0.4) is 0 Å². The molecule has 1 heterocycles. The zero-order valence-corrected chi connectivity index (χ0v) is 11.2. The summed E-state index contributed by atoms with van der Waals surface area (Å²) in [7, 11) is 0. The van der Waals surface area contributed by atoms with Crippen LogP contribution in [0.2, 0.25) is 0 Å². The molecule has 20 heavy (non-hydrogen) atoms. The molecule has 1 aliphatic rings. The van der Waals surface area contributed by atoms with Gasteiger partial charge in [-0.1, -0.05) is 12.1 Å². The number of rotatable bonds is 3. The van der Waals surface area contributed by atoms with Crippen molar-refractivity contribution in [2.24, 2.45) is 10.7 Å². The van der Waals surface area contributed by atoms with Crippen molar-refractivity contribution in [3.05, 3.63) is 29.8 Å². The average Bonchev–Trinajstić information content (AvgIpc) is 2.69. The Morgan fingerprint density at radius 1 is 1.40 bits per heavy atom. The Balaban J connectivity index is 2.23. The van der Waals surface area contributed by atoms with Crippen molar-refractivity contribution in [1.82, 2.24) is 4.90 Å². The first-order chi connectivity index (χ1) is 9.28. The molecule has 0 bridgehead atoms. The SMILES string of the molecule is CC(C)N1C(N)=NCC1c1cccc(OC(F)(F)F)c1. The fourth-order valence-corrected chi connectivity index (χ4v) is 2.32. The van der Waals surface area contributed by atoms with Crippen molar-refractivity contribution in [1.29, 1.82) is 0 Å². The van der Waals surface area contributed by atoms with Gasteiger partial charge in [0.25, 0.3) is 0 Å². The van der Waals surface area contributed by atoms with Crippen LogP contribution in [0.25, 0.3) is 0 Å². The molecule has 1 aromatic carbocycles. The minimum Gasteiger partial charge on any atom is -0.406 e. The first kappa shape index (κ1) is 14.5. The van der Waals surface area contributed by atoms with Crippen LogP contribution >= 0.6 is 0 Å². The summed E-state index contributed by atoms with van der Waals surface area (Å²) >= 11 is 0. The summed E-state index contributed by atoms with van der Waals surface area (Å²) in [5.41, 5.74) is 6.51. The van der Waals surface area contributed by atoms with E-state index in [1.807, 2.05) is 18.7 Å². The van der Waals surface area contributed by atoms with Crippen molar-refractivity contribution < 1.29 is 17.9 Å². The van der Waals surface area contributed by atoms with Crippen LogP contribution in [-0.2, 0) is 0 Å². The highest BCUT2D eigenvalue weighted by Gasteiger charge is 2.33. The second kappa shape index (κ2) is 5.22. The van der Waals surface area contributed by atoms with E-state index in [4.69, 9.17) is 5.73 Å². The van der Waals surface area contributed by atoms with Gasteiger partial charge in [0.05, 0.1) is 12.6 Å². The predicted molar refractivity (Wildman–Crippen MR) is 69.3 cm³/mol. The summed E-state index contributed by atoms with van der Waals surface area (Å²) in [4.78, 5) is 6.04. The van der Waals surface area contributed by atoms with Crippen LogP contribution in [0, 0.1) is 0 Å². The van der Waals surface area contributed by atoms with Crippen LogP contribution < -0.4 is 10.5 Å². The van der Waals surface area contributed by atoms with Gasteiger partial charge in [-0.25, -0.2) is 0 Å². The van der Waals surface area contributed by atoms with E-state index in [-0.39, 0.29) is 17.8 Å². The molecule has 0 radical (unpaired) electrons. The minimum atomic E-state index is -4.69. The lowest BCUT2D eigenvalue weighted by molar-refractivity contribution is -0.274. The molecular formula is C13H16F3N3O. The normalized spacial score (nSPS) is 19.4. The number of alkyl halides is 3. The molecule has 0 saturated heterocycles. The number of guanidine groups is 1. The molecule has 1 aromatic rings. The van der Waals surface area contributed by atoms with Gasteiger partial charge >= 0.3 is 6.36 Å². The molecule has 7 heteroatoms. The maximum Gasteiger partial charge on any atom is 0.573 e. The molecule has 2 N–H and O–H groups in total. The number of aliphatic imine (C=N–C) groups is 1. The third-order valence-corrected chi connectivity index (χ3v) is 3.06. The third-order valence-electron chi connectivity index (χ3n) is 3.06. The second-order valence-corrected chi connectivity index (χ2v) is 4.84. The highest BCUT2D eigenvalue weighted by molar-refractivity contribution is 5.80. The van der Waals surface area contributed by atoms with Crippen LogP contribution in [0.4, 0.5) is 13.2 Å². The Morgan fingerprint density at radius 2 is 2.10 bits per heavy atom. The van der Waals surface area contributed by atoms with Crippen molar-refractivity contribution in [2.75, 3.05) is 6.54 Å². The molecule has 0 fully saturated rings. The molecule has 0 saturated carbocycles. The van der Waals surface area contributed by atoms with Crippen LogP contribution in [0.1, 0.15) is 25.5 Å². The van der Waals surface area contributed by atoms with E-state index in [1.54, 1.807) is 6.07 Å². The van der Waals surface area contributed by atoms with Gasteiger partial charge in [0.2, 0.25) is 0 Å². The van der Waals surface area contributed by atoms with Crippen LogP contribution in [-0.4, -0.2) is 29.8 Å². The molecule has 110 valence electrons. The molecular weight excluding hydrogens is 271 g/mol. The van der Waals surface area contributed by atoms with Crippen molar-refractivity contribution in [2.45, 2.75) is 32.3 Å². The Hall–Kier alpha value is -1.92. The lowest BCUT2D eigenvalue weighted by atomic mass is 10.0. The highest BCUT2D eigenvalue weighted by atomic mass is 19.4. The molecule has 1 aliphatic heterocycles. The smallest absolute Gasteiger partial charge is 0.406 e. The number of benzene rings is 1. The number of nitrogens with zero attached hydrogens (tertiary/aromatic N) is 2. The Bertz CT molecular complexity index is 514. The molecule has 0 spiro atoms. The van der Waals surface area contributed by atoms with Gasteiger partial charge in [-0.15, -0.1) is 13.2 Å². The Morgan fingerprint density at radius 3 is 2.70 bits per heavy atom. The van der Waals surface area contributed by atoms with E-state index in [2.05, 4.69) is 9.73 Å². The van der Waals surface area contributed by atoms with E-state index in [0.29, 0.717) is 18.1 Å². The quantitative estimate of drug-likeness (QED) is 0.930. The molecule has 1 atom stereocenters. The van der Waals surface area contributed by atoms with Crippen molar-refractivity contribution >= 4 is 5.96 Å². The summed E-state index contributed by atoms with van der Waals surface area (Å²) in [6.45, 7) is 4.34. The van der Waals surface area contributed by atoms with E-state index in [0.717, 1.165) is 0 Å². The lowest BCUT2D eigenvalue weighted by Gasteiger charge is -2.30. The van der Waals surface area contributed by atoms with Gasteiger partial charge in [-0.2, -0.15) is 0 Å². The summed E-state index contributed by atoms with van der Waals surface area (Å²) in [5, 5.41) is 0. The standard InChI is InChI=1S/C13H16F3N3O/c1-8(2)19-11(7-18-12(19)17)9-4-3-5-10(6-9)20-13(14,15)16/h3-6,8,11H,7H2,1-2H3,(H2,17,18). The van der Waals surface area contributed by atoms with Gasteiger partial charge in [-0.05, 0) is 31.5 Å². The maximum atomic E-state index is 12.2. The van der Waals surface area contributed by atoms with Gasteiger partial charge in [-0.3, -0.25) is 4.99 Å². The molecule has 4 nitrogen and oxygen atoms in total. The number of nitrogens with two attached hydrogens (primary N) is 1. The Kier molecular flexibility index (Phi) is 3.78. The molecule has 1 unspecified atom stereocenters. The molecule has 0 aromatic heterocycles. The molecule has 0 amide bonds. The van der Waals surface area contributed by atoms with Crippen LogP contribution in [0.5, 0.6) is 5.75 Å². The fraction of sp³-hybridized carbons (Fsp3) is 0.462. The fourth-order valence-electron chi connectivity index (χ4n) is 2.32. The van der Waals surface area contributed by atoms with E-state index >= 15 is 0 Å². The zero-order chi connectivity index (χ0) is 14.9. The largest absolute Gasteiger partial charge is 0.573 e. The summed E-state index contributed by atoms with van der Waals surface area (Å²) < 4.78 is 40.7. The maximum absolute atomic E-state index is 12.2. The molecule has 0 aliphatic carbocycles. The first-order valence-corrected chi connectivity index (χ1v) is 6.22. The van der Waals surface area contributed by atoms with E-state index in [1.165, 1.54) is 18.2 Å². The number of hydrogen-bond donors (Lipinski definition) is 1. The number of hydrogen-bond acceptors (Lipinski definition) is 4. The predicted octanol–water partition coefficient (Wildman–Crippen LogP) is 2.67. The van der Waals surface area contributed by atoms with E-state index < -0.39 is 6.36 Å². The van der Waals surface area contributed by atoms with Crippen molar-refractivity contribution in [3.63, 3.8) is 0 Å². The minimum absolute atomic E-state index is 0.110. The first-order valence-electron chi connectivity index (χ1n) is 6.22. The van der Waals surface area contributed by atoms with Gasteiger partial charge in [0.1, 0.15) is 5.75 Å². The van der Waals surface area contributed by atoms with E-state index in [9.17, 15) is 13.2 Å². The van der Waals surface area contributed by atoms with Gasteiger partial charge in [0.15, 0.2) is 5.96 Å². The second-order valence-electron chi connectivity index (χ2n) is 4.84. The summed E-state index contributed by atoms with van der Waals surface area (Å²) in [6.07, 6.45) is -4.69. The monoisotopic (exact) mass is 287 g/mol. The summed E-state index contributed by atoms with van der Waals surface area (Å²) in [6, 6.07) is 5.88. The average molecular weight is 287 g/mol. The van der Waals surface area contributed by atoms with Gasteiger partial charge < -0.3 is 15.4 Å². The number of ether oxygens (including phenoxy) is 1. The van der Waals surface area contributed by atoms with Crippen LogP contribution in [0.15, 0.2) is 29.3 Å². The highest BCUT2D eigenvalue weighted by Crippen LogP contribution is 2.31.